The van der Waals surface area contributed by atoms with Crippen LogP contribution in [0.4, 0.5) is 4.79 Å². The minimum atomic E-state index is -0.699. The number of benzene rings is 1. The van der Waals surface area contributed by atoms with Gasteiger partial charge in [0, 0.05) is 0 Å². The van der Waals surface area contributed by atoms with E-state index in [-0.39, 0.29) is 35.1 Å². The Kier molecular flexibility index (Phi) is 5.93. The van der Waals surface area contributed by atoms with Gasteiger partial charge in [0.05, 0.1) is 34.5 Å². The molecule has 2 N–H and O–H groups in total. The first kappa shape index (κ1) is 19.8. The number of amides is 2. The number of carbonyl (C=O) groups is 3. The summed E-state index contributed by atoms with van der Waals surface area (Å²) in [5.74, 6) is -0.580. The molecule has 1 aromatic rings. The maximum Gasteiger partial charge on any atom is 0.338 e. The van der Waals surface area contributed by atoms with E-state index in [4.69, 9.17) is 30.5 Å². The van der Waals surface area contributed by atoms with Gasteiger partial charge < -0.3 is 29.6 Å². The Labute approximate surface area is 165 Å². The normalized spacial score (nSPS) is 18.1. The predicted octanol–water partition coefficient (Wildman–Crippen LogP) is 1.79. The second kappa shape index (κ2) is 8.39. The van der Waals surface area contributed by atoms with Crippen LogP contribution in [0, 0.1) is 0 Å². The Morgan fingerprint density at radius 1 is 1.21 bits per heavy atom. The Morgan fingerprint density at radius 2 is 1.96 bits per heavy atom. The summed E-state index contributed by atoms with van der Waals surface area (Å²) in [6.07, 6.45) is 0. The van der Waals surface area contributed by atoms with E-state index in [9.17, 15) is 14.4 Å². The second-order valence-corrected chi connectivity index (χ2v) is 6.40. The molecule has 0 aromatic heterocycles. The fourth-order valence-electron chi connectivity index (χ4n) is 2.84. The van der Waals surface area contributed by atoms with Crippen LogP contribution in [0.5, 0.6) is 11.5 Å². The van der Waals surface area contributed by atoms with Crippen molar-refractivity contribution in [1.29, 1.82) is 0 Å². The van der Waals surface area contributed by atoms with Crippen molar-refractivity contribution in [3.63, 3.8) is 0 Å². The molecule has 2 aliphatic rings. The summed E-state index contributed by atoms with van der Waals surface area (Å²) < 4.78 is 21.1. The number of ether oxygens (including phenoxy) is 4. The number of hydrogen-bond donors (Lipinski definition) is 2. The summed E-state index contributed by atoms with van der Waals surface area (Å²) >= 11 is 6.13. The quantitative estimate of drug-likeness (QED) is 0.711. The van der Waals surface area contributed by atoms with Crippen molar-refractivity contribution in [2.45, 2.75) is 19.9 Å². The maximum atomic E-state index is 12.4. The molecule has 0 radical (unpaired) electrons. The molecule has 2 amide bonds. The first-order valence-electron chi connectivity index (χ1n) is 8.64. The van der Waals surface area contributed by atoms with Crippen LogP contribution < -0.4 is 20.1 Å². The predicted molar refractivity (Wildman–Crippen MR) is 97.5 cm³/mol. The largest absolute Gasteiger partial charge is 0.486 e. The lowest BCUT2D eigenvalue weighted by Gasteiger charge is -2.26. The molecule has 0 unspecified atom stereocenters. The molecular formula is C18H19ClN2O7. The number of urea groups is 1. The molecular weight excluding hydrogens is 392 g/mol. The molecule has 1 aromatic carbocycles. The third-order valence-corrected chi connectivity index (χ3v) is 4.33. The van der Waals surface area contributed by atoms with Crippen LogP contribution in [0.2, 0.25) is 5.02 Å². The molecule has 0 aliphatic carbocycles. The van der Waals surface area contributed by atoms with Crippen molar-refractivity contribution < 1.29 is 33.3 Å². The zero-order chi connectivity index (χ0) is 20.3. The van der Waals surface area contributed by atoms with E-state index in [2.05, 4.69) is 10.6 Å². The van der Waals surface area contributed by atoms with Gasteiger partial charge in [-0.2, -0.15) is 0 Å². The molecule has 150 valence electrons. The number of hydrogen-bond acceptors (Lipinski definition) is 7. The van der Waals surface area contributed by atoms with Gasteiger partial charge in [-0.3, -0.25) is 0 Å². The van der Waals surface area contributed by atoms with Crippen molar-refractivity contribution >= 4 is 29.6 Å². The number of esters is 2. The average molecular weight is 411 g/mol. The summed E-state index contributed by atoms with van der Waals surface area (Å²) in [4.78, 5) is 36.4. The van der Waals surface area contributed by atoms with Gasteiger partial charge in [-0.05, 0) is 26.0 Å². The highest BCUT2D eigenvalue weighted by Gasteiger charge is 2.30. The van der Waals surface area contributed by atoms with Gasteiger partial charge in [0.25, 0.3) is 0 Å². The van der Waals surface area contributed by atoms with Crippen molar-refractivity contribution in [3.05, 3.63) is 34.0 Å². The SMILES string of the molecule is CCOC(=O)C1=C(COC(=O)c2cc(Cl)c3c(c2)OCCO3)NC(=O)N[C@H]1C. The van der Waals surface area contributed by atoms with Crippen LogP contribution in [-0.2, 0) is 14.3 Å². The van der Waals surface area contributed by atoms with Crippen LogP contribution in [0.1, 0.15) is 24.2 Å². The van der Waals surface area contributed by atoms with Gasteiger partial charge >= 0.3 is 18.0 Å². The van der Waals surface area contributed by atoms with Gasteiger partial charge in [-0.1, -0.05) is 11.6 Å². The summed E-state index contributed by atoms with van der Waals surface area (Å²) in [7, 11) is 0. The summed E-state index contributed by atoms with van der Waals surface area (Å²) in [6.45, 7) is 3.86. The maximum absolute atomic E-state index is 12.4. The molecule has 9 nitrogen and oxygen atoms in total. The summed E-state index contributed by atoms with van der Waals surface area (Å²) in [6, 6.07) is 1.77. The third kappa shape index (κ3) is 4.14. The molecule has 0 saturated heterocycles. The molecule has 0 spiro atoms. The Balaban J connectivity index is 1.78. The first-order chi connectivity index (χ1) is 13.4. The van der Waals surface area contributed by atoms with E-state index in [1.807, 2.05) is 0 Å². The highest BCUT2D eigenvalue weighted by atomic mass is 35.5. The number of rotatable bonds is 5. The third-order valence-electron chi connectivity index (χ3n) is 4.05. The Hall–Kier alpha value is -2.94. The zero-order valence-corrected chi connectivity index (χ0v) is 16.1. The Bertz CT molecular complexity index is 853. The number of halogens is 1. The topological polar surface area (TPSA) is 112 Å². The monoisotopic (exact) mass is 410 g/mol. The summed E-state index contributed by atoms with van der Waals surface area (Å²) in [5, 5.41) is 5.27. The van der Waals surface area contributed by atoms with Gasteiger partial charge in [-0.15, -0.1) is 0 Å². The van der Waals surface area contributed by atoms with Crippen molar-refractivity contribution in [3.8, 4) is 11.5 Å². The van der Waals surface area contributed by atoms with Crippen LogP contribution in [0.15, 0.2) is 23.4 Å². The molecule has 0 bridgehead atoms. The van der Waals surface area contributed by atoms with Crippen molar-refractivity contribution in [1.82, 2.24) is 10.6 Å². The Morgan fingerprint density at radius 3 is 2.71 bits per heavy atom. The van der Waals surface area contributed by atoms with Crippen molar-refractivity contribution in [2.24, 2.45) is 0 Å². The summed E-state index contributed by atoms with van der Waals surface area (Å²) in [5.41, 5.74) is 0.502. The molecule has 10 heteroatoms. The van der Waals surface area contributed by atoms with E-state index >= 15 is 0 Å². The fourth-order valence-corrected chi connectivity index (χ4v) is 3.11. The molecule has 2 aliphatic heterocycles. The van der Waals surface area contributed by atoms with E-state index in [1.165, 1.54) is 12.1 Å². The first-order valence-corrected chi connectivity index (χ1v) is 9.02. The van der Waals surface area contributed by atoms with E-state index in [1.54, 1.807) is 13.8 Å². The molecule has 0 saturated carbocycles. The lowest BCUT2D eigenvalue weighted by Crippen LogP contribution is -2.50. The van der Waals surface area contributed by atoms with Crippen LogP contribution in [0.3, 0.4) is 0 Å². The molecule has 2 heterocycles. The van der Waals surface area contributed by atoms with Crippen LogP contribution in [0.25, 0.3) is 0 Å². The van der Waals surface area contributed by atoms with Gasteiger partial charge in [0.1, 0.15) is 19.8 Å². The van der Waals surface area contributed by atoms with Crippen molar-refractivity contribution in [2.75, 3.05) is 26.4 Å². The van der Waals surface area contributed by atoms with E-state index in [0.29, 0.717) is 24.7 Å². The van der Waals surface area contributed by atoms with Crippen LogP contribution >= 0.6 is 11.6 Å². The molecule has 28 heavy (non-hydrogen) atoms. The standard InChI is InChI=1S/C18H19ClN2O7/c1-3-25-17(23)14-9(2)20-18(24)21-12(14)8-28-16(22)10-6-11(19)15-13(7-10)26-4-5-27-15/h6-7,9H,3-5,8H2,1-2H3,(H2,20,21,24)/t9-/m0/s1. The van der Waals surface area contributed by atoms with Gasteiger partial charge in [-0.25, -0.2) is 14.4 Å². The lowest BCUT2D eigenvalue weighted by atomic mass is 10.0. The van der Waals surface area contributed by atoms with Gasteiger partial charge in [0.15, 0.2) is 11.5 Å². The fraction of sp³-hybridized carbons (Fsp3) is 0.389. The molecule has 1 atom stereocenters. The molecule has 0 fully saturated rings. The number of carbonyl (C=O) groups excluding carboxylic acids is 3. The minimum Gasteiger partial charge on any atom is -0.486 e. The number of fused-ring (bicyclic) bond motifs is 1. The highest BCUT2D eigenvalue weighted by Crippen LogP contribution is 2.38. The average Bonchev–Trinajstić information content (AvgIpc) is 2.65. The highest BCUT2D eigenvalue weighted by molar-refractivity contribution is 6.32. The van der Waals surface area contributed by atoms with Crippen LogP contribution in [-0.4, -0.2) is 50.4 Å². The zero-order valence-electron chi connectivity index (χ0n) is 15.3. The van der Waals surface area contributed by atoms with Gasteiger partial charge in [0.2, 0.25) is 0 Å². The molecule has 3 rings (SSSR count). The van der Waals surface area contributed by atoms with E-state index < -0.39 is 24.0 Å². The smallest absolute Gasteiger partial charge is 0.338 e. The second-order valence-electron chi connectivity index (χ2n) is 5.99. The van der Waals surface area contributed by atoms with E-state index in [0.717, 1.165) is 0 Å². The lowest BCUT2D eigenvalue weighted by molar-refractivity contribution is -0.139. The number of nitrogens with one attached hydrogen (secondary N) is 2. The minimum absolute atomic E-state index is 0.154.